The highest BCUT2D eigenvalue weighted by Gasteiger charge is 2.18. The standard InChI is InChI=1S/C23H19NO6/c25-22(26)14-28-18-6-1-4-16(12-18)5-2-10-24-11-3-7-19(24)23(27)17-8-9-20-21(13-17)30-15-29-20/h1-9,11-13H,10,14-15H2,(H,25,26)/b5-2+. The van der Waals surface area contributed by atoms with Gasteiger partial charge in [0.15, 0.2) is 18.1 Å². The van der Waals surface area contributed by atoms with E-state index in [1.165, 1.54) is 0 Å². The Bertz CT molecular complexity index is 1110. The van der Waals surface area contributed by atoms with Gasteiger partial charge in [0.25, 0.3) is 0 Å². The van der Waals surface area contributed by atoms with Crippen LogP contribution in [-0.4, -0.2) is 34.8 Å². The molecular weight excluding hydrogens is 386 g/mol. The summed E-state index contributed by atoms with van der Waals surface area (Å²) in [6, 6.07) is 15.9. The van der Waals surface area contributed by atoms with Gasteiger partial charge in [0.2, 0.25) is 12.6 Å². The predicted octanol–water partition coefficient (Wildman–Crippen LogP) is 3.62. The number of ketones is 1. The van der Waals surface area contributed by atoms with Gasteiger partial charge in [-0.15, -0.1) is 0 Å². The lowest BCUT2D eigenvalue weighted by atomic mass is 10.1. The third-order valence-corrected chi connectivity index (χ3v) is 4.53. The number of carboxylic acid groups (broad SMARTS) is 1. The van der Waals surface area contributed by atoms with E-state index in [1.807, 2.05) is 35.0 Å². The van der Waals surface area contributed by atoms with Crippen molar-refractivity contribution >= 4 is 17.8 Å². The van der Waals surface area contributed by atoms with Crippen molar-refractivity contribution < 1.29 is 28.9 Å². The van der Waals surface area contributed by atoms with Gasteiger partial charge >= 0.3 is 5.97 Å². The van der Waals surface area contributed by atoms with Crippen molar-refractivity contribution in [3.8, 4) is 17.2 Å². The largest absolute Gasteiger partial charge is 0.482 e. The first-order valence-corrected chi connectivity index (χ1v) is 9.31. The maximum Gasteiger partial charge on any atom is 0.341 e. The van der Waals surface area contributed by atoms with Crippen LogP contribution in [0.2, 0.25) is 0 Å². The summed E-state index contributed by atoms with van der Waals surface area (Å²) in [4.78, 5) is 23.6. The van der Waals surface area contributed by atoms with Gasteiger partial charge in [-0.05, 0) is 48.0 Å². The van der Waals surface area contributed by atoms with Crippen molar-refractivity contribution in [1.29, 1.82) is 0 Å². The Kier molecular flexibility index (Phi) is 5.52. The summed E-state index contributed by atoms with van der Waals surface area (Å²) in [5.74, 6) is 0.571. The number of carbonyl (C=O) groups excluding carboxylic acids is 1. The molecular formula is C23H19NO6. The number of hydrogen-bond donors (Lipinski definition) is 1. The molecule has 0 saturated carbocycles. The monoisotopic (exact) mass is 405 g/mol. The third-order valence-electron chi connectivity index (χ3n) is 4.53. The number of aliphatic carboxylic acids is 1. The van der Waals surface area contributed by atoms with Gasteiger partial charge in [0.1, 0.15) is 5.75 Å². The minimum atomic E-state index is -1.02. The number of ether oxygens (including phenoxy) is 3. The van der Waals surface area contributed by atoms with Crippen molar-refractivity contribution in [3.05, 3.63) is 83.7 Å². The second kappa shape index (κ2) is 8.57. The van der Waals surface area contributed by atoms with Gasteiger partial charge in [-0.3, -0.25) is 4.79 Å². The molecule has 7 heteroatoms. The lowest BCUT2D eigenvalue weighted by Crippen LogP contribution is -2.09. The fraction of sp³-hybridized carbons (Fsp3) is 0.130. The van der Waals surface area contributed by atoms with Crippen LogP contribution in [0.15, 0.2) is 66.9 Å². The zero-order chi connectivity index (χ0) is 20.9. The van der Waals surface area contributed by atoms with E-state index < -0.39 is 5.97 Å². The summed E-state index contributed by atoms with van der Waals surface area (Å²) in [6.45, 7) is 0.275. The molecule has 0 fully saturated rings. The molecule has 0 radical (unpaired) electrons. The van der Waals surface area contributed by atoms with Crippen LogP contribution >= 0.6 is 0 Å². The molecule has 0 aliphatic carbocycles. The lowest BCUT2D eigenvalue weighted by molar-refractivity contribution is -0.139. The molecule has 0 bridgehead atoms. The molecule has 30 heavy (non-hydrogen) atoms. The van der Waals surface area contributed by atoms with Gasteiger partial charge in [0, 0.05) is 18.3 Å². The average Bonchev–Trinajstić information content (AvgIpc) is 3.41. The van der Waals surface area contributed by atoms with Crippen LogP contribution in [0.1, 0.15) is 21.6 Å². The molecule has 4 rings (SSSR count). The smallest absolute Gasteiger partial charge is 0.341 e. The molecule has 3 aromatic rings. The third kappa shape index (κ3) is 4.35. The average molecular weight is 405 g/mol. The van der Waals surface area contributed by atoms with E-state index in [2.05, 4.69) is 0 Å². The van der Waals surface area contributed by atoms with Gasteiger partial charge in [0.05, 0.1) is 5.69 Å². The van der Waals surface area contributed by atoms with Gasteiger partial charge in [-0.25, -0.2) is 4.79 Å². The Labute approximate surface area is 172 Å². The van der Waals surface area contributed by atoms with E-state index in [0.717, 1.165) is 5.56 Å². The SMILES string of the molecule is O=C(O)COc1cccc(/C=C/Cn2cccc2C(=O)c2ccc3c(c2)OCO3)c1. The van der Waals surface area contributed by atoms with Crippen LogP contribution in [0.3, 0.4) is 0 Å². The maximum atomic E-state index is 12.9. The maximum absolute atomic E-state index is 12.9. The quantitative estimate of drug-likeness (QED) is 0.576. The molecule has 1 N–H and O–H groups in total. The normalized spacial score (nSPS) is 12.3. The minimum Gasteiger partial charge on any atom is -0.482 e. The van der Waals surface area contributed by atoms with E-state index in [1.54, 1.807) is 42.5 Å². The summed E-state index contributed by atoms with van der Waals surface area (Å²) >= 11 is 0. The zero-order valence-electron chi connectivity index (χ0n) is 16.0. The van der Waals surface area contributed by atoms with Crippen LogP contribution in [0.5, 0.6) is 17.2 Å². The number of nitrogens with zero attached hydrogens (tertiary/aromatic N) is 1. The topological polar surface area (TPSA) is 87.0 Å². The first kappa shape index (κ1) is 19.3. The highest BCUT2D eigenvalue weighted by atomic mass is 16.7. The van der Waals surface area contributed by atoms with Crippen molar-refractivity contribution in [2.24, 2.45) is 0 Å². The summed E-state index contributed by atoms with van der Waals surface area (Å²) in [7, 11) is 0. The Hall–Kier alpha value is -4.00. The number of hydrogen-bond acceptors (Lipinski definition) is 5. The number of carbonyl (C=O) groups is 2. The van der Waals surface area contributed by atoms with Gasteiger partial charge in [-0.2, -0.15) is 0 Å². The Morgan fingerprint density at radius 1 is 1.07 bits per heavy atom. The zero-order valence-corrected chi connectivity index (χ0v) is 16.0. The van der Waals surface area contributed by atoms with Crippen molar-refractivity contribution in [2.75, 3.05) is 13.4 Å². The number of carboxylic acids is 1. The number of fused-ring (bicyclic) bond motifs is 1. The molecule has 0 atom stereocenters. The predicted molar refractivity (Wildman–Crippen MR) is 109 cm³/mol. The van der Waals surface area contributed by atoms with E-state index in [0.29, 0.717) is 35.1 Å². The second-order valence-corrected chi connectivity index (χ2v) is 6.60. The number of allylic oxidation sites excluding steroid dienone is 1. The number of benzene rings is 2. The van der Waals surface area contributed by atoms with E-state index >= 15 is 0 Å². The lowest BCUT2D eigenvalue weighted by Gasteiger charge is -2.07. The molecule has 152 valence electrons. The Morgan fingerprint density at radius 2 is 1.93 bits per heavy atom. The molecule has 1 aliphatic heterocycles. The first-order chi connectivity index (χ1) is 14.6. The molecule has 0 spiro atoms. The number of aromatic nitrogens is 1. The highest BCUT2D eigenvalue weighted by Crippen LogP contribution is 2.33. The fourth-order valence-electron chi connectivity index (χ4n) is 3.12. The number of rotatable bonds is 8. The second-order valence-electron chi connectivity index (χ2n) is 6.60. The summed E-state index contributed by atoms with van der Waals surface area (Å²) in [6.07, 6.45) is 5.66. The summed E-state index contributed by atoms with van der Waals surface area (Å²) in [5, 5.41) is 8.71. The van der Waals surface area contributed by atoms with Crippen molar-refractivity contribution in [3.63, 3.8) is 0 Å². The fourth-order valence-corrected chi connectivity index (χ4v) is 3.12. The molecule has 1 aromatic heterocycles. The molecule has 2 aromatic carbocycles. The van der Waals surface area contributed by atoms with Crippen molar-refractivity contribution in [1.82, 2.24) is 4.57 Å². The van der Waals surface area contributed by atoms with Gasteiger partial charge in [-0.1, -0.05) is 24.3 Å². The molecule has 1 aliphatic rings. The van der Waals surface area contributed by atoms with Gasteiger partial charge < -0.3 is 23.9 Å². The van der Waals surface area contributed by atoms with E-state index in [-0.39, 0.29) is 19.2 Å². The van der Waals surface area contributed by atoms with Crippen LogP contribution in [-0.2, 0) is 11.3 Å². The molecule has 0 unspecified atom stereocenters. The molecule has 0 saturated heterocycles. The first-order valence-electron chi connectivity index (χ1n) is 9.31. The molecule has 7 nitrogen and oxygen atoms in total. The highest BCUT2D eigenvalue weighted by molar-refractivity contribution is 6.08. The van der Waals surface area contributed by atoms with Crippen LogP contribution < -0.4 is 14.2 Å². The van der Waals surface area contributed by atoms with Crippen molar-refractivity contribution in [2.45, 2.75) is 6.54 Å². The Balaban J connectivity index is 1.44. The summed E-state index contributed by atoms with van der Waals surface area (Å²) in [5.41, 5.74) is 1.97. The molecule has 0 amide bonds. The van der Waals surface area contributed by atoms with Crippen LogP contribution in [0, 0.1) is 0 Å². The van der Waals surface area contributed by atoms with E-state index in [4.69, 9.17) is 19.3 Å². The minimum absolute atomic E-state index is 0.101. The van der Waals surface area contributed by atoms with E-state index in [9.17, 15) is 9.59 Å². The van der Waals surface area contributed by atoms with Crippen LogP contribution in [0.25, 0.3) is 6.08 Å². The summed E-state index contributed by atoms with van der Waals surface area (Å²) < 4.78 is 17.7. The Morgan fingerprint density at radius 3 is 2.80 bits per heavy atom. The van der Waals surface area contributed by atoms with Crippen LogP contribution in [0.4, 0.5) is 0 Å². The molecule has 2 heterocycles.